The van der Waals surface area contributed by atoms with E-state index in [-0.39, 0.29) is 23.6 Å². The van der Waals surface area contributed by atoms with Crippen LogP contribution >= 0.6 is 0 Å². The van der Waals surface area contributed by atoms with Crippen molar-refractivity contribution in [2.24, 2.45) is 11.7 Å². The van der Waals surface area contributed by atoms with Crippen molar-refractivity contribution in [2.45, 2.75) is 25.2 Å². The van der Waals surface area contributed by atoms with Gasteiger partial charge in [0.05, 0.1) is 5.92 Å². The zero-order chi connectivity index (χ0) is 17.4. The highest BCUT2D eigenvalue weighted by atomic mass is 16.5. The fourth-order valence-corrected chi connectivity index (χ4v) is 3.88. The number of rotatable bonds is 3. The first-order chi connectivity index (χ1) is 12.1. The summed E-state index contributed by atoms with van der Waals surface area (Å²) in [4.78, 5) is 12.4. The fraction of sp³-hybridized carbons (Fsp3) is 0.286. The van der Waals surface area contributed by atoms with E-state index in [1.54, 1.807) is 0 Å². The van der Waals surface area contributed by atoms with Crippen LogP contribution in [0.25, 0.3) is 11.1 Å². The first-order valence-electron chi connectivity index (χ1n) is 8.66. The molecule has 0 fully saturated rings. The molecular weight excluding hydrogens is 314 g/mol. The predicted octanol–water partition coefficient (Wildman–Crippen LogP) is 3.87. The Labute approximate surface area is 146 Å². The zero-order valence-electron chi connectivity index (χ0n) is 13.9. The van der Waals surface area contributed by atoms with E-state index in [1.807, 2.05) is 24.3 Å². The molecule has 2 aliphatic rings. The van der Waals surface area contributed by atoms with Crippen LogP contribution in [-0.4, -0.2) is 17.7 Å². The largest absolute Gasteiger partial charge is 0.511 e. The molecule has 0 saturated heterocycles. The minimum atomic E-state index is -0.261. The number of carbonyl (C=O) groups excluding carboxylic acids is 1. The molecule has 4 heteroatoms. The van der Waals surface area contributed by atoms with Crippen LogP contribution in [0.5, 0.6) is 0 Å². The molecule has 0 aromatic heterocycles. The number of ether oxygens (including phenoxy) is 1. The molecule has 0 radical (unpaired) electrons. The van der Waals surface area contributed by atoms with E-state index in [4.69, 9.17) is 10.5 Å². The van der Waals surface area contributed by atoms with E-state index in [9.17, 15) is 9.90 Å². The van der Waals surface area contributed by atoms with Crippen molar-refractivity contribution in [3.8, 4) is 11.1 Å². The number of fused-ring (bicyclic) bond motifs is 3. The number of hydrogen-bond acceptors (Lipinski definition) is 4. The minimum Gasteiger partial charge on any atom is -0.511 e. The van der Waals surface area contributed by atoms with E-state index in [0.29, 0.717) is 31.6 Å². The average molecular weight is 335 g/mol. The second-order valence-corrected chi connectivity index (χ2v) is 6.77. The van der Waals surface area contributed by atoms with Crippen LogP contribution in [0.1, 0.15) is 36.3 Å². The van der Waals surface area contributed by atoms with Crippen molar-refractivity contribution in [3.63, 3.8) is 0 Å². The van der Waals surface area contributed by atoms with Gasteiger partial charge in [-0.1, -0.05) is 48.5 Å². The molecule has 0 spiro atoms. The summed E-state index contributed by atoms with van der Waals surface area (Å²) in [6, 6.07) is 16.6. The van der Waals surface area contributed by atoms with Gasteiger partial charge in [-0.25, -0.2) is 0 Å². The number of hydrogen-bond donors (Lipinski definition) is 2. The van der Waals surface area contributed by atoms with E-state index in [1.165, 1.54) is 22.3 Å². The number of carbonyl (C=O) groups is 1. The van der Waals surface area contributed by atoms with Gasteiger partial charge in [-0.15, -0.1) is 0 Å². The zero-order valence-corrected chi connectivity index (χ0v) is 13.9. The maximum Gasteiger partial charge on any atom is 0.309 e. The minimum absolute atomic E-state index is 0.0706. The van der Waals surface area contributed by atoms with Gasteiger partial charge in [-0.05, 0) is 28.7 Å². The lowest BCUT2D eigenvalue weighted by Crippen LogP contribution is -2.25. The van der Waals surface area contributed by atoms with Crippen molar-refractivity contribution < 1.29 is 14.6 Å². The molecule has 3 N–H and O–H groups in total. The molecule has 1 unspecified atom stereocenters. The summed E-state index contributed by atoms with van der Waals surface area (Å²) >= 11 is 0. The van der Waals surface area contributed by atoms with Crippen LogP contribution in [0.15, 0.2) is 60.0 Å². The van der Waals surface area contributed by atoms with Crippen molar-refractivity contribution in [1.82, 2.24) is 0 Å². The van der Waals surface area contributed by atoms with Crippen LogP contribution in [-0.2, 0) is 9.53 Å². The summed E-state index contributed by atoms with van der Waals surface area (Å²) in [5.41, 5.74) is 11.0. The Bertz CT molecular complexity index is 810. The Kier molecular flexibility index (Phi) is 3.96. The summed E-state index contributed by atoms with van der Waals surface area (Å²) in [7, 11) is 0. The van der Waals surface area contributed by atoms with E-state index < -0.39 is 0 Å². The van der Waals surface area contributed by atoms with Gasteiger partial charge in [0.1, 0.15) is 12.4 Å². The van der Waals surface area contributed by atoms with Crippen LogP contribution in [0.3, 0.4) is 0 Å². The molecule has 2 aliphatic carbocycles. The molecule has 4 rings (SSSR count). The van der Waals surface area contributed by atoms with Crippen molar-refractivity contribution in [3.05, 3.63) is 71.1 Å². The normalized spacial score (nSPS) is 19.4. The second kappa shape index (κ2) is 6.28. The van der Waals surface area contributed by atoms with Gasteiger partial charge in [0, 0.05) is 24.5 Å². The van der Waals surface area contributed by atoms with Crippen LogP contribution in [0.4, 0.5) is 0 Å². The maximum atomic E-state index is 12.4. The van der Waals surface area contributed by atoms with Crippen molar-refractivity contribution >= 4 is 5.97 Å². The standard InChI is InChI=1S/C21H21NO3/c22-19-11-13(9-10-20(19)23)21(24)25-12-18-16-7-3-1-5-14(16)15-6-2-4-8-17(15)18/h1-8,13,18,23H,9-12,22H2. The van der Waals surface area contributed by atoms with E-state index >= 15 is 0 Å². The Morgan fingerprint density at radius 2 is 1.68 bits per heavy atom. The molecule has 128 valence electrons. The summed E-state index contributed by atoms with van der Waals surface area (Å²) < 4.78 is 5.66. The lowest BCUT2D eigenvalue weighted by Gasteiger charge is -2.22. The van der Waals surface area contributed by atoms with Gasteiger partial charge >= 0.3 is 5.97 Å². The summed E-state index contributed by atoms with van der Waals surface area (Å²) in [5.74, 6) is -0.205. The molecule has 25 heavy (non-hydrogen) atoms. The second-order valence-electron chi connectivity index (χ2n) is 6.77. The topological polar surface area (TPSA) is 72.5 Å². The summed E-state index contributed by atoms with van der Waals surface area (Å²) in [5, 5.41) is 9.60. The third-order valence-electron chi connectivity index (χ3n) is 5.25. The lowest BCUT2D eigenvalue weighted by atomic mass is 9.91. The number of aliphatic hydroxyl groups excluding tert-OH is 1. The fourth-order valence-electron chi connectivity index (χ4n) is 3.88. The van der Waals surface area contributed by atoms with Gasteiger partial charge in [0.25, 0.3) is 0 Å². The average Bonchev–Trinajstić information content (AvgIpc) is 2.96. The predicted molar refractivity (Wildman–Crippen MR) is 95.9 cm³/mol. The maximum absolute atomic E-state index is 12.4. The Morgan fingerprint density at radius 3 is 2.28 bits per heavy atom. The molecule has 0 bridgehead atoms. The SMILES string of the molecule is NC1=C(O)CCC(C(=O)OCC2c3ccccc3-c3ccccc32)C1. The number of benzene rings is 2. The van der Waals surface area contributed by atoms with Crippen LogP contribution < -0.4 is 5.73 Å². The lowest BCUT2D eigenvalue weighted by molar-refractivity contribution is -0.149. The van der Waals surface area contributed by atoms with Gasteiger partial charge in [0.2, 0.25) is 0 Å². The quantitative estimate of drug-likeness (QED) is 0.835. The Hall–Kier alpha value is -2.75. The summed E-state index contributed by atoms with van der Waals surface area (Å²) in [6.45, 7) is 0.332. The van der Waals surface area contributed by atoms with E-state index in [0.717, 1.165) is 0 Å². The number of allylic oxidation sites excluding steroid dienone is 2. The first-order valence-corrected chi connectivity index (χ1v) is 8.66. The van der Waals surface area contributed by atoms with Crippen molar-refractivity contribution in [1.29, 1.82) is 0 Å². The van der Waals surface area contributed by atoms with Crippen LogP contribution in [0.2, 0.25) is 0 Å². The van der Waals surface area contributed by atoms with Gasteiger partial charge < -0.3 is 15.6 Å². The van der Waals surface area contributed by atoms with Gasteiger partial charge in [0.15, 0.2) is 0 Å². The number of esters is 1. The highest BCUT2D eigenvalue weighted by Gasteiger charge is 2.31. The van der Waals surface area contributed by atoms with Gasteiger partial charge in [-0.3, -0.25) is 4.79 Å². The monoisotopic (exact) mass is 335 g/mol. The summed E-state index contributed by atoms with van der Waals surface area (Å²) in [6.07, 6.45) is 1.41. The Balaban J connectivity index is 1.51. The molecule has 2 aromatic rings. The molecule has 2 aromatic carbocycles. The van der Waals surface area contributed by atoms with Crippen molar-refractivity contribution in [2.75, 3.05) is 6.61 Å². The Morgan fingerprint density at radius 1 is 1.08 bits per heavy atom. The van der Waals surface area contributed by atoms with E-state index in [2.05, 4.69) is 24.3 Å². The third-order valence-corrected chi connectivity index (χ3v) is 5.25. The third kappa shape index (κ3) is 2.78. The molecule has 0 aliphatic heterocycles. The highest BCUT2D eigenvalue weighted by Crippen LogP contribution is 2.44. The molecule has 4 nitrogen and oxygen atoms in total. The van der Waals surface area contributed by atoms with Crippen LogP contribution in [0, 0.1) is 5.92 Å². The molecule has 0 saturated carbocycles. The smallest absolute Gasteiger partial charge is 0.309 e. The highest BCUT2D eigenvalue weighted by molar-refractivity contribution is 5.79. The molecular formula is C21H21NO3. The molecule has 1 atom stereocenters. The molecule has 0 heterocycles. The first kappa shape index (κ1) is 15.8. The molecule has 0 amide bonds. The number of nitrogens with two attached hydrogens (primary N) is 1. The number of aliphatic hydroxyl groups is 1. The van der Waals surface area contributed by atoms with Gasteiger partial charge in [-0.2, -0.15) is 0 Å².